The van der Waals surface area contributed by atoms with Crippen molar-refractivity contribution in [2.75, 3.05) is 10.6 Å². The average molecular weight is 384 g/mol. The topological polar surface area (TPSA) is 76.0 Å². The molecule has 0 spiro atoms. The van der Waals surface area contributed by atoms with Gasteiger partial charge in [-0.15, -0.1) is 0 Å². The van der Waals surface area contributed by atoms with E-state index in [0.717, 1.165) is 16.6 Å². The van der Waals surface area contributed by atoms with Gasteiger partial charge in [-0.1, -0.05) is 24.3 Å². The normalized spacial score (nSPS) is 10.7. The molecule has 0 aliphatic heterocycles. The Morgan fingerprint density at radius 3 is 2.41 bits per heavy atom. The number of amides is 2. The molecule has 6 heteroatoms. The van der Waals surface area contributed by atoms with Crippen LogP contribution in [0.25, 0.3) is 10.9 Å². The number of aromatic nitrogens is 2. The zero-order valence-corrected chi connectivity index (χ0v) is 15.9. The van der Waals surface area contributed by atoms with E-state index in [9.17, 15) is 9.59 Å². The summed E-state index contributed by atoms with van der Waals surface area (Å²) >= 11 is 0. The van der Waals surface area contributed by atoms with Crippen LogP contribution in [0.2, 0.25) is 0 Å². The molecule has 2 N–H and O–H groups in total. The van der Waals surface area contributed by atoms with Gasteiger partial charge >= 0.3 is 0 Å². The minimum Gasteiger partial charge on any atom is -0.335 e. The van der Waals surface area contributed by atoms with E-state index in [2.05, 4.69) is 21.7 Å². The van der Waals surface area contributed by atoms with Crippen molar-refractivity contribution in [3.05, 3.63) is 90.4 Å². The highest BCUT2D eigenvalue weighted by Gasteiger charge is 2.11. The Morgan fingerprint density at radius 2 is 1.62 bits per heavy atom. The zero-order valence-electron chi connectivity index (χ0n) is 15.9. The lowest BCUT2D eigenvalue weighted by Crippen LogP contribution is -2.19. The second-order valence-electron chi connectivity index (χ2n) is 6.75. The van der Waals surface area contributed by atoms with Crippen LogP contribution in [-0.4, -0.2) is 21.4 Å². The predicted octanol–water partition coefficient (Wildman–Crippen LogP) is 4.24. The van der Waals surface area contributed by atoms with Gasteiger partial charge in [-0.2, -0.15) is 0 Å². The molecular formula is C23H20N4O2. The lowest BCUT2D eigenvalue weighted by molar-refractivity contribution is -0.116. The smallest absolute Gasteiger partial charge is 0.255 e. The van der Waals surface area contributed by atoms with Crippen LogP contribution < -0.4 is 10.6 Å². The number of aryl methyl sites for hydroxylation is 1. The highest BCUT2D eigenvalue weighted by Crippen LogP contribution is 2.20. The van der Waals surface area contributed by atoms with Gasteiger partial charge in [-0.05, 0) is 54.8 Å². The van der Waals surface area contributed by atoms with Gasteiger partial charge in [-0.3, -0.25) is 14.6 Å². The predicted molar refractivity (Wildman–Crippen MR) is 114 cm³/mol. The third-order valence-electron chi connectivity index (χ3n) is 4.67. The molecule has 0 saturated heterocycles. The van der Waals surface area contributed by atoms with Gasteiger partial charge in [0.05, 0.1) is 0 Å². The van der Waals surface area contributed by atoms with Crippen molar-refractivity contribution in [1.29, 1.82) is 0 Å². The lowest BCUT2D eigenvalue weighted by Gasteiger charge is -2.11. The summed E-state index contributed by atoms with van der Waals surface area (Å²) in [5.41, 5.74) is 3.80. The van der Waals surface area contributed by atoms with Crippen LogP contribution in [0.3, 0.4) is 0 Å². The number of fused-ring (bicyclic) bond motifs is 1. The molecule has 0 fully saturated rings. The summed E-state index contributed by atoms with van der Waals surface area (Å²) < 4.78 is 1.99. The van der Waals surface area contributed by atoms with Crippen molar-refractivity contribution in [2.24, 2.45) is 0 Å². The number of hydrogen-bond acceptors (Lipinski definition) is 3. The van der Waals surface area contributed by atoms with E-state index in [1.807, 2.05) is 35.8 Å². The number of nitrogens with zero attached hydrogens (tertiary/aromatic N) is 2. The molecule has 4 aromatic rings. The van der Waals surface area contributed by atoms with Crippen LogP contribution in [0.5, 0.6) is 0 Å². The minimum atomic E-state index is -0.231. The Labute approximate surface area is 168 Å². The Bertz CT molecular complexity index is 1180. The molecule has 0 radical (unpaired) electrons. The van der Waals surface area contributed by atoms with E-state index in [4.69, 9.17) is 0 Å². The summed E-state index contributed by atoms with van der Waals surface area (Å²) in [6.45, 7) is 2.20. The Morgan fingerprint density at radius 1 is 0.897 bits per heavy atom. The first-order chi connectivity index (χ1) is 14.1. The van der Waals surface area contributed by atoms with Crippen LogP contribution in [0, 0.1) is 6.92 Å². The molecule has 0 unspecified atom stereocenters. The summed E-state index contributed by atoms with van der Waals surface area (Å²) in [6, 6.07) is 20.4. The van der Waals surface area contributed by atoms with Crippen LogP contribution in [0.15, 0.2) is 79.1 Å². The van der Waals surface area contributed by atoms with E-state index in [-0.39, 0.29) is 18.4 Å². The van der Waals surface area contributed by atoms with Crippen molar-refractivity contribution in [1.82, 2.24) is 9.55 Å². The van der Waals surface area contributed by atoms with Gasteiger partial charge in [0.15, 0.2) is 0 Å². The number of carbonyl (C=O) groups is 2. The summed E-state index contributed by atoms with van der Waals surface area (Å²) in [5, 5.41) is 6.84. The molecule has 144 valence electrons. The Kier molecular flexibility index (Phi) is 5.07. The number of pyridine rings is 1. The molecular weight excluding hydrogens is 364 g/mol. The molecule has 0 bridgehead atoms. The lowest BCUT2D eigenvalue weighted by atomic mass is 10.2. The number of anilines is 2. The highest BCUT2D eigenvalue weighted by atomic mass is 16.2. The van der Waals surface area contributed by atoms with Crippen molar-refractivity contribution in [3.8, 4) is 0 Å². The molecule has 2 aromatic carbocycles. The number of benzene rings is 2. The number of rotatable bonds is 5. The summed E-state index contributed by atoms with van der Waals surface area (Å²) in [7, 11) is 0. The third-order valence-corrected chi connectivity index (χ3v) is 4.67. The first-order valence-corrected chi connectivity index (χ1v) is 9.26. The summed E-state index contributed by atoms with van der Waals surface area (Å²) in [4.78, 5) is 28.8. The fourth-order valence-corrected chi connectivity index (χ4v) is 3.28. The van der Waals surface area contributed by atoms with E-state index >= 15 is 0 Å². The first-order valence-electron chi connectivity index (χ1n) is 9.26. The van der Waals surface area contributed by atoms with Crippen molar-refractivity contribution in [3.63, 3.8) is 0 Å². The molecule has 2 heterocycles. The molecule has 6 nitrogen and oxygen atoms in total. The maximum atomic E-state index is 12.6. The van der Waals surface area contributed by atoms with Gasteiger partial charge in [-0.25, -0.2) is 0 Å². The van der Waals surface area contributed by atoms with Crippen LogP contribution in [-0.2, 0) is 11.3 Å². The van der Waals surface area contributed by atoms with Gasteiger partial charge in [0, 0.05) is 40.5 Å². The van der Waals surface area contributed by atoms with E-state index < -0.39 is 0 Å². The number of para-hydroxylation sites is 1. The molecule has 0 saturated carbocycles. The van der Waals surface area contributed by atoms with Gasteiger partial charge in [0.25, 0.3) is 5.91 Å². The molecule has 0 atom stereocenters. The Hall–Kier alpha value is -3.93. The fraction of sp³-hybridized carbons (Fsp3) is 0.0870. The molecule has 2 amide bonds. The number of carbonyl (C=O) groups excluding carboxylic acids is 2. The molecule has 0 aliphatic carbocycles. The van der Waals surface area contributed by atoms with Crippen LogP contribution >= 0.6 is 0 Å². The summed E-state index contributed by atoms with van der Waals surface area (Å²) in [6.07, 6.45) is 3.14. The van der Waals surface area contributed by atoms with E-state index in [0.29, 0.717) is 16.9 Å². The quantitative estimate of drug-likeness (QED) is 0.540. The second-order valence-corrected chi connectivity index (χ2v) is 6.75. The van der Waals surface area contributed by atoms with Crippen molar-refractivity contribution < 1.29 is 9.59 Å². The number of nitrogens with one attached hydrogen (secondary N) is 2. The van der Waals surface area contributed by atoms with Crippen molar-refractivity contribution >= 4 is 34.1 Å². The largest absolute Gasteiger partial charge is 0.335 e. The summed E-state index contributed by atoms with van der Waals surface area (Å²) in [5.74, 6) is -0.364. The maximum absolute atomic E-state index is 12.6. The average Bonchev–Trinajstić information content (AvgIpc) is 3.04. The molecule has 4 rings (SSSR count). The third kappa shape index (κ3) is 4.16. The van der Waals surface area contributed by atoms with Crippen LogP contribution in [0.1, 0.15) is 16.1 Å². The Balaban J connectivity index is 1.45. The van der Waals surface area contributed by atoms with Gasteiger partial charge in [0.2, 0.25) is 5.91 Å². The second kappa shape index (κ2) is 7.98. The monoisotopic (exact) mass is 384 g/mol. The zero-order chi connectivity index (χ0) is 20.2. The van der Waals surface area contributed by atoms with Crippen molar-refractivity contribution in [2.45, 2.75) is 13.5 Å². The standard InChI is InChI=1S/C23H20N4O2/c1-16-13-18-5-2-3-8-21(18)27(16)15-22(28)25-19-6-4-7-20(14-19)26-23(29)17-9-11-24-12-10-17/h2-14H,15H2,1H3,(H,25,28)(H,26,29). The van der Waals surface area contributed by atoms with E-state index in [1.54, 1.807) is 48.8 Å². The minimum absolute atomic E-state index is 0.132. The fourth-order valence-electron chi connectivity index (χ4n) is 3.28. The van der Waals surface area contributed by atoms with Crippen LogP contribution in [0.4, 0.5) is 11.4 Å². The molecule has 29 heavy (non-hydrogen) atoms. The SMILES string of the molecule is Cc1cc2ccccc2n1CC(=O)Nc1cccc(NC(=O)c2ccncc2)c1. The first kappa shape index (κ1) is 18.4. The number of hydrogen-bond donors (Lipinski definition) is 2. The highest BCUT2D eigenvalue weighted by molar-refractivity contribution is 6.04. The maximum Gasteiger partial charge on any atom is 0.255 e. The van der Waals surface area contributed by atoms with Gasteiger partial charge in [0.1, 0.15) is 6.54 Å². The molecule has 0 aliphatic rings. The molecule has 2 aromatic heterocycles. The van der Waals surface area contributed by atoms with E-state index in [1.165, 1.54) is 0 Å². The van der Waals surface area contributed by atoms with Gasteiger partial charge < -0.3 is 15.2 Å².